The van der Waals surface area contributed by atoms with Gasteiger partial charge in [-0.1, -0.05) is 48.5 Å². The first kappa shape index (κ1) is 18.3. The molecular formula is C22H23N3O3. The number of aromatic nitrogens is 2. The highest BCUT2D eigenvalue weighted by Gasteiger charge is 2.29. The Balaban J connectivity index is 1.36. The summed E-state index contributed by atoms with van der Waals surface area (Å²) in [6, 6.07) is 16.4. The molecule has 1 amide bonds. The van der Waals surface area contributed by atoms with Crippen molar-refractivity contribution in [1.82, 2.24) is 15.1 Å². The number of nitrogens with one attached hydrogen (secondary N) is 1. The summed E-state index contributed by atoms with van der Waals surface area (Å²) < 4.78 is 7.20. The number of aliphatic hydroxyl groups excluding tert-OH is 1. The predicted octanol–water partition coefficient (Wildman–Crippen LogP) is 3.48. The lowest BCUT2D eigenvalue weighted by molar-refractivity contribution is 0.128. The van der Waals surface area contributed by atoms with Gasteiger partial charge in [0.2, 0.25) is 0 Å². The van der Waals surface area contributed by atoms with Crippen molar-refractivity contribution in [3.63, 3.8) is 0 Å². The lowest BCUT2D eigenvalue weighted by atomic mass is 9.98. The number of carbonyl (C=O) groups excluding carboxylic acids is 1. The van der Waals surface area contributed by atoms with Crippen LogP contribution in [0.2, 0.25) is 0 Å². The Hall–Kier alpha value is -3.12. The largest absolute Gasteiger partial charge is 0.449 e. The number of rotatable bonds is 6. The topological polar surface area (TPSA) is 76.4 Å². The SMILES string of the molecule is CCn1cc(C(O)CNC(=O)OCC2c3ccccc3-c3ccccc32)cn1. The highest BCUT2D eigenvalue weighted by molar-refractivity contribution is 5.79. The summed E-state index contributed by atoms with van der Waals surface area (Å²) in [4.78, 5) is 12.2. The lowest BCUT2D eigenvalue weighted by Gasteiger charge is -2.15. The third-order valence-corrected chi connectivity index (χ3v) is 5.15. The number of aliphatic hydroxyl groups is 1. The number of nitrogens with zero attached hydrogens (tertiary/aromatic N) is 2. The number of alkyl carbamates (subject to hydrolysis) is 1. The molecule has 1 aromatic heterocycles. The van der Waals surface area contributed by atoms with E-state index in [9.17, 15) is 9.90 Å². The van der Waals surface area contributed by atoms with E-state index in [1.54, 1.807) is 17.1 Å². The highest BCUT2D eigenvalue weighted by Crippen LogP contribution is 2.44. The van der Waals surface area contributed by atoms with Gasteiger partial charge in [0.25, 0.3) is 0 Å². The number of hydrogen-bond acceptors (Lipinski definition) is 4. The van der Waals surface area contributed by atoms with Gasteiger partial charge in [0.15, 0.2) is 0 Å². The molecule has 6 heteroatoms. The van der Waals surface area contributed by atoms with Gasteiger partial charge in [-0.2, -0.15) is 5.10 Å². The summed E-state index contributed by atoms with van der Waals surface area (Å²) in [7, 11) is 0. The van der Waals surface area contributed by atoms with Gasteiger partial charge in [-0.25, -0.2) is 4.79 Å². The van der Waals surface area contributed by atoms with E-state index in [0.29, 0.717) is 5.56 Å². The first-order valence-electron chi connectivity index (χ1n) is 9.46. The Morgan fingerprint density at radius 2 is 1.82 bits per heavy atom. The minimum absolute atomic E-state index is 0.0193. The molecule has 0 saturated carbocycles. The molecule has 3 aromatic rings. The standard InChI is InChI=1S/C22H23N3O3/c1-2-25-13-15(11-24-25)21(26)12-23-22(27)28-14-20-18-9-5-3-7-16(18)17-8-4-6-10-19(17)20/h3-11,13,20-21,26H,2,12,14H2,1H3,(H,23,27). The van der Waals surface area contributed by atoms with Gasteiger partial charge in [-0.05, 0) is 29.2 Å². The molecule has 1 unspecified atom stereocenters. The van der Waals surface area contributed by atoms with Gasteiger partial charge in [0, 0.05) is 24.2 Å². The highest BCUT2D eigenvalue weighted by atomic mass is 16.5. The maximum atomic E-state index is 12.2. The lowest BCUT2D eigenvalue weighted by Crippen LogP contribution is -2.30. The molecule has 6 nitrogen and oxygen atoms in total. The molecule has 0 spiro atoms. The normalized spacial score (nSPS) is 13.6. The van der Waals surface area contributed by atoms with Crippen LogP contribution in [-0.2, 0) is 11.3 Å². The third kappa shape index (κ3) is 3.51. The van der Waals surface area contributed by atoms with Crippen LogP contribution in [-0.4, -0.2) is 34.1 Å². The van der Waals surface area contributed by atoms with Crippen LogP contribution < -0.4 is 5.32 Å². The molecule has 144 valence electrons. The second kappa shape index (κ2) is 7.86. The zero-order chi connectivity index (χ0) is 19.5. The molecule has 0 bridgehead atoms. The van der Waals surface area contributed by atoms with E-state index in [2.05, 4.69) is 34.7 Å². The number of amides is 1. The van der Waals surface area contributed by atoms with Gasteiger partial charge in [-0.3, -0.25) is 4.68 Å². The quantitative estimate of drug-likeness (QED) is 0.690. The van der Waals surface area contributed by atoms with E-state index in [0.717, 1.165) is 6.54 Å². The number of hydrogen-bond donors (Lipinski definition) is 2. The van der Waals surface area contributed by atoms with Crippen LogP contribution in [0.25, 0.3) is 11.1 Å². The maximum Gasteiger partial charge on any atom is 0.407 e. The molecule has 1 atom stereocenters. The maximum absolute atomic E-state index is 12.2. The first-order valence-corrected chi connectivity index (χ1v) is 9.46. The van der Waals surface area contributed by atoms with Crippen LogP contribution in [0.3, 0.4) is 0 Å². The monoisotopic (exact) mass is 377 g/mol. The van der Waals surface area contributed by atoms with Crippen LogP contribution in [0.1, 0.15) is 35.6 Å². The molecule has 1 heterocycles. The van der Waals surface area contributed by atoms with Crippen LogP contribution in [0.5, 0.6) is 0 Å². The molecule has 28 heavy (non-hydrogen) atoms. The van der Waals surface area contributed by atoms with E-state index in [4.69, 9.17) is 4.74 Å². The first-order chi connectivity index (χ1) is 13.7. The predicted molar refractivity (Wildman–Crippen MR) is 106 cm³/mol. The molecule has 0 saturated heterocycles. The summed E-state index contributed by atoms with van der Waals surface area (Å²) >= 11 is 0. The molecule has 0 aliphatic heterocycles. The number of carbonyl (C=O) groups is 1. The molecule has 1 aliphatic carbocycles. The summed E-state index contributed by atoms with van der Waals surface area (Å²) in [6.45, 7) is 3.03. The Labute approximate surface area is 163 Å². The Morgan fingerprint density at radius 1 is 1.18 bits per heavy atom. The molecular weight excluding hydrogens is 354 g/mol. The van der Waals surface area contributed by atoms with Gasteiger partial charge in [-0.15, -0.1) is 0 Å². The summed E-state index contributed by atoms with van der Waals surface area (Å²) in [5.74, 6) is 0.0193. The fourth-order valence-corrected chi connectivity index (χ4v) is 3.67. The average molecular weight is 377 g/mol. The number of aryl methyl sites for hydroxylation is 1. The van der Waals surface area contributed by atoms with Crippen LogP contribution in [0, 0.1) is 0 Å². The molecule has 2 aromatic carbocycles. The van der Waals surface area contributed by atoms with Crippen molar-refractivity contribution in [2.45, 2.75) is 25.5 Å². The van der Waals surface area contributed by atoms with Crippen molar-refractivity contribution in [3.05, 3.63) is 77.6 Å². The summed E-state index contributed by atoms with van der Waals surface area (Å²) in [5.41, 5.74) is 5.39. The van der Waals surface area contributed by atoms with Gasteiger partial charge in [0.1, 0.15) is 6.61 Å². The number of benzene rings is 2. The van der Waals surface area contributed by atoms with Crippen molar-refractivity contribution >= 4 is 6.09 Å². The molecule has 0 radical (unpaired) electrons. The van der Waals surface area contributed by atoms with E-state index in [1.165, 1.54) is 22.3 Å². The van der Waals surface area contributed by atoms with E-state index in [-0.39, 0.29) is 19.1 Å². The van der Waals surface area contributed by atoms with Gasteiger partial charge in [0.05, 0.1) is 18.8 Å². The van der Waals surface area contributed by atoms with Crippen LogP contribution in [0.4, 0.5) is 4.79 Å². The second-order valence-corrected chi connectivity index (χ2v) is 6.85. The zero-order valence-electron chi connectivity index (χ0n) is 15.7. The van der Waals surface area contributed by atoms with Gasteiger partial charge < -0.3 is 15.2 Å². The minimum Gasteiger partial charge on any atom is -0.449 e. The second-order valence-electron chi connectivity index (χ2n) is 6.85. The van der Waals surface area contributed by atoms with E-state index < -0.39 is 12.2 Å². The minimum atomic E-state index is -0.819. The Morgan fingerprint density at radius 3 is 2.43 bits per heavy atom. The van der Waals surface area contributed by atoms with Crippen molar-refractivity contribution in [1.29, 1.82) is 0 Å². The zero-order valence-corrected chi connectivity index (χ0v) is 15.7. The Bertz CT molecular complexity index is 937. The fraction of sp³-hybridized carbons (Fsp3) is 0.273. The van der Waals surface area contributed by atoms with E-state index in [1.807, 2.05) is 31.2 Å². The van der Waals surface area contributed by atoms with Crippen LogP contribution >= 0.6 is 0 Å². The molecule has 0 fully saturated rings. The van der Waals surface area contributed by atoms with Gasteiger partial charge >= 0.3 is 6.09 Å². The third-order valence-electron chi connectivity index (χ3n) is 5.15. The molecule has 2 N–H and O–H groups in total. The Kier molecular flexibility index (Phi) is 5.12. The fourth-order valence-electron chi connectivity index (χ4n) is 3.67. The number of ether oxygens (including phenoxy) is 1. The van der Waals surface area contributed by atoms with Crippen molar-refractivity contribution < 1.29 is 14.6 Å². The van der Waals surface area contributed by atoms with Crippen molar-refractivity contribution in [3.8, 4) is 11.1 Å². The van der Waals surface area contributed by atoms with E-state index >= 15 is 0 Å². The number of fused-ring (bicyclic) bond motifs is 3. The smallest absolute Gasteiger partial charge is 0.407 e. The van der Waals surface area contributed by atoms with Crippen molar-refractivity contribution in [2.24, 2.45) is 0 Å². The summed E-state index contributed by atoms with van der Waals surface area (Å²) in [6.07, 6.45) is 2.02. The summed E-state index contributed by atoms with van der Waals surface area (Å²) in [5, 5.41) is 17.0. The molecule has 1 aliphatic rings. The average Bonchev–Trinajstić information content (AvgIpc) is 3.33. The molecule has 4 rings (SSSR count). The van der Waals surface area contributed by atoms with Crippen LogP contribution in [0.15, 0.2) is 60.9 Å². The van der Waals surface area contributed by atoms with Crippen molar-refractivity contribution in [2.75, 3.05) is 13.2 Å².